The summed E-state index contributed by atoms with van der Waals surface area (Å²) >= 11 is 1.77. The van der Waals surface area contributed by atoms with Crippen LogP contribution in [0.25, 0.3) is 0 Å². The number of aromatic nitrogens is 1. The van der Waals surface area contributed by atoms with Gasteiger partial charge in [0, 0.05) is 50.1 Å². The lowest BCUT2D eigenvalue weighted by Crippen LogP contribution is -2.40. The van der Waals surface area contributed by atoms with Crippen LogP contribution in [0, 0.1) is 6.92 Å². The Balaban J connectivity index is 1.51. The molecular formula is C18H24N4S. The van der Waals surface area contributed by atoms with Gasteiger partial charge in [-0.15, -0.1) is 11.3 Å². The second-order valence-corrected chi connectivity index (χ2v) is 7.25. The van der Waals surface area contributed by atoms with Crippen molar-refractivity contribution in [2.75, 3.05) is 26.7 Å². The average molecular weight is 328 g/mol. The molecule has 1 N–H and O–H groups in total. The van der Waals surface area contributed by atoms with Gasteiger partial charge in [-0.2, -0.15) is 0 Å². The summed E-state index contributed by atoms with van der Waals surface area (Å²) in [5.74, 6) is 1.62. The van der Waals surface area contributed by atoms with E-state index in [1.165, 1.54) is 21.9 Å². The van der Waals surface area contributed by atoms with E-state index in [0.29, 0.717) is 5.92 Å². The second-order valence-electron chi connectivity index (χ2n) is 5.93. The number of aliphatic imine (C=N–C) groups is 1. The number of nitrogens with one attached hydrogen (secondary N) is 1. The molecule has 122 valence electrons. The van der Waals surface area contributed by atoms with Gasteiger partial charge in [0.15, 0.2) is 5.96 Å². The number of likely N-dealkylation sites (tertiary alicyclic amines) is 1. The number of thiazole rings is 1. The molecule has 0 radical (unpaired) electrons. The second kappa shape index (κ2) is 7.59. The first-order valence-corrected chi connectivity index (χ1v) is 9.00. The maximum absolute atomic E-state index is 4.45. The van der Waals surface area contributed by atoms with Crippen LogP contribution < -0.4 is 5.32 Å². The molecule has 1 unspecified atom stereocenters. The Labute approximate surface area is 142 Å². The standard InChI is InChI=1S/C18H24N4S/c1-14-12-21-17(23-14)8-10-20-18(19-2)22-11-9-16(13-22)15-6-4-3-5-7-15/h3-7,12,16H,8-11,13H2,1-2H3,(H,19,20). The maximum atomic E-state index is 4.45. The maximum Gasteiger partial charge on any atom is 0.193 e. The molecule has 1 fully saturated rings. The number of benzene rings is 1. The van der Waals surface area contributed by atoms with Crippen LogP contribution in [-0.2, 0) is 6.42 Å². The van der Waals surface area contributed by atoms with Crippen molar-refractivity contribution in [2.45, 2.75) is 25.7 Å². The lowest BCUT2D eigenvalue weighted by molar-refractivity contribution is 0.486. The van der Waals surface area contributed by atoms with E-state index in [-0.39, 0.29) is 0 Å². The zero-order chi connectivity index (χ0) is 16.1. The predicted molar refractivity (Wildman–Crippen MR) is 97.3 cm³/mol. The summed E-state index contributed by atoms with van der Waals surface area (Å²) in [7, 11) is 1.87. The number of nitrogens with zero attached hydrogens (tertiary/aromatic N) is 3. The van der Waals surface area contributed by atoms with Crippen molar-refractivity contribution < 1.29 is 0 Å². The minimum absolute atomic E-state index is 0.608. The van der Waals surface area contributed by atoms with Crippen LogP contribution in [0.3, 0.4) is 0 Å². The molecule has 1 atom stereocenters. The average Bonchev–Trinajstić information content (AvgIpc) is 3.22. The molecule has 2 aromatic rings. The van der Waals surface area contributed by atoms with Crippen LogP contribution >= 0.6 is 11.3 Å². The van der Waals surface area contributed by atoms with Gasteiger partial charge in [-0.05, 0) is 18.9 Å². The molecule has 1 aromatic carbocycles. The summed E-state index contributed by atoms with van der Waals surface area (Å²) < 4.78 is 0. The largest absolute Gasteiger partial charge is 0.356 e. The summed E-state index contributed by atoms with van der Waals surface area (Å²) in [6.07, 6.45) is 4.09. The van der Waals surface area contributed by atoms with Gasteiger partial charge in [0.25, 0.3) is 0 Å². The van der Waals surface area contributed by atoms with Crippen LogP contribution in [-0.4, -0.2) is 42.5 Å². The van der Waals surface area contributed by atoms with E-state index in [9.17, 15) is 0 Å². The Kier molecular flexibility index (Phi) is 5.28. The van der Waals surface area contributed by atoms with Gasteiger partial charge >= 0.3 is 0 Å². The number of hydrogen-bond donors (Lipinski definition) is 1. The van der Waals surface area contributed by atoms with Gasteiger partial charge in [0.2, 0.25) is 0 Å². The number of hydrogen-bond acceptors (Lipinski definition) is 3. The molecule has 5 heteroatoms. The molecule has 1 aliphatic heterocycles. The van der Waals surface area contributed by atoms with Crippen molar-refractivity contribution in [1.82, 2.24) is 15.2 Å². The predicted octanol–water partition coefficient (Wildman–Crippen LogP) is 3.06. The van der Waals surface area contributed by atoms with Crippen LogP contribution in [0.5, 0.6) is 0 Å². The minimum atomic E-state index is 0.608. The molecule has 0 amide bonds. The van der Waals surface area contributed by atoms with E-state index in [1.807, 2.05) is 13.2 Å². The quantitative estimate of drug-likeness (QED) is 0.693. The molecular weight excluding hydrogens is 304 g/mol. The topological polar surface area (TPSA) is 40.5 Å². The van der Waals surface area contributed by atoms with E-state index in [4.69, 9.17) is 0 Å². The highest BCUT2D eigenvalue weighted by molar-refractivity contribution is 7.11. The van der Waals surface area contributed by atoms with Gasteiger partial charge in [-0.25, -0.2) is 4.98 Å². The summed E-state index contributed by atoms with van der Waals surface area (Å²) in [6, 6.07) is 10.8. The first kappa shape index (κ1) is 16.0. The van der Waals surface area contributed by atoms with E-state index < -0.39 is 0 Å². The van der Waals surface area contributed by atoms with E-state index >= 15 is 0 Å². The molecule has 0 aliphatic carbocycles. The van der Waals surface area contributed by atoms with Crippen LogP contribution in [0.2, 0.25) is 0 Å². The van der Waals surface area contributed by atoms with Crippen molar-refractivity contribution in [2.24, 2.45) is 4.99 Å². The molecule has 1 aromatic heterocycles. The van der Waals surface area contributed by atoms with Crippen molar-refractivity contribution in [3.8, 4) is 0 Å². The summed E-state index contributed by atoms with van der Waals surface area (Å²) in [5.41, 5.74) is 1.43. The van der Waals surface area contributed by atoms with E-state index in [2.05, 4.69) is 57.4 Å². The highest BCUT2D eigenvalue weighted by Crippen LogP contribution is 2.26. The zero-order valence-electron chi connectivity index (χ0n) is 13.8. The SMILES string of the molecule is CN=C(NCCc1ncc(C)s1)N1CCC(c2ccccc2)C1. The van der Waals surface area contributed by atoms with Gasteiger partial charge in [-0.1, -0.05) is 30.3 Å². The Hall–Kier alpha value is -1.88. The van der Waals surface area contributed by atoms with Gasteiger partial charge < -0.3 is 10.2 Å². The highest BCUT2D eigenvalue weighted by Gasteiger charge is 2.25. The molecule has 0 saturated carbocycles. The number of aryl methyl sites for hydroxylation is 1. The van der Waals surface area contributed by atoms with Crippen LogP contribution in [0.1, 0.15) is 27.8 Å². The summed E-state index contributed by atoms with van der Waals surface area (Å²) in [4.78, 5) is 12.5. The third kappa shape index (κ3) is 4.10. The smallest absolute Gasteiger partial charge is 0.193 e. The fraction of sp³-hybridized carbons (Fsp3) is 0.444. The Morgan fingerprint density at radius 1 is 1.39 bits per heavy atom. The fourth-order valence-corrected chi connectivity index (χ4v) is 3.87. The lowest BCUT2D eigenvalue weighted by Gasteiger charge is -2.21. The number of guanidine groups is 1. The molecule has 4 nitrogen and oxygen atoms in total. The third-order valence-corrected chi connectivity index (χ3v) is 5.23. The Bertz CT molecular complexity index is 650. The first-order valence-electron chi connectivity index (χ1n) is 8.18. The van der Waals surface area contributed by atoms with Gasteiger partial charge in [-0.3, -0.25) is 4.99 Å². The molecule has 3 rings (SSSR count). The van der Waals surface area contributed by atoms with Crippen molar-refractivity contribution in [3.63, 3.8) is 0 Å². The molecule has 23 heavy (non-hydrogen) atoms. The number of rotatable bonds is 4. The van der Waals surface area contributed by atoms with Crippen molar-refractivity contribution in [3.05, 3.63) is 52.0 Å². The minimum Gasteiger partial charge on any atom is -0.356 e. The van der Waals surface area contributed by atoms with Crippen LogP contribution in [0.15, 0.2) is 41.5 Å². The van der Waals surface area contributed by atoms with Crippen molar-refractivity contribution in [1.29, 1.82) is 0 Å². The highest BCUT2D eigenvalue weighted by atomic mass is 32.1. The van der Waals surface area contributed by atoms with Gasteiger partial charge in [0.05, 0.1) is 5.01 Å². The Morgan fingerprint density at radius 3 is 2.91 bits per heavy atom. The van der Waals surface area contributed by atoms with Crippen LogP contribution in [0.4, 0.5) is 0 Å². The molecule has 1 saturated heterocycles. The Morgan fingerprint density at radius 2 is 2.22 bits per heavy atom. The lowest BCUT2D eigenvalue weighted by atomic mass is 9.99. The fourth-order valence-electron chi connectivity index (χ4n) is 3.08. The first-order chi connectivity index (χ1) is 11.3. The van der Waals surface area contributed by atoms with E-state index in [1.54, 1.807) is 11.3 Å². The third-order valence-electron chi connectivity index (χ3n) is 4.26. The summed E-state index contributed by atoms with van der Waals surface area (Å²) in [5, 5.41) is 4.67. The van der Waals surface area contributed by atoms with E-state index in [0.717, 1.165) is 32.0 Å². The normalized spacial score (nSPS) is 18.4. The summed E-state index contributed by atoms with van der Waals surface area (Å²) in [6.45, 7) is 5.09. The molecule has 1 aliphatic rings. The molecule has 0 spiro atoms. The van der Waals surface area contributed by atoms with Crippen molar-refractivity contribution >= 4 is 17.3 Å². The monoisotopic (exact) mass is 328 g/mol. The van der Waals surface area contributed by atoms with Gasteiger partial charge in [0.1, 0.15) is 0 Å². The molecule has 0 bridgehead atoms. The molecule has 2 heterocycles. The zero-order valence-corrected chi connectivity index (χ0v) is 14.6.